The number of hydrogen-bond donors (Lipinski definition) is 1. The van der Waals surface area contributed by atoms with Crippen LogP contribution < -0.4 is 14.8 Å². The van der Waals surface area contributed by atoms with Crippen molar-refractivity contribution in [2.24, 2.45) is 0 Å². The topological polar surface area (TPSA) is 50.8 Å². The van der Waals surface area contributed by atoms with E-state index in [4.69, 9.17) is 9.47 Å². The van der Waals surface area contributed by atoms with Gasteiger partial charge in [-0.1, -0.05) is 0 Å². The summed E-state index contributed by atoms with van der Waals surface area (Å²) < 4.78 is 50.1. The summed E-state index contributed by atoms with van der Waals surface area (Å²) in [6, 6.07) is 9.78. The number of anilines is 1. The second kappa shape index (κ2) is 8.66. The summed E-state index contributed by atoms with van der Waals surface area (Å²) in [5.74, 6) is 0.991. The van der Waals surface area contributed by atoms with Gasteiger partial charge in [-0.2, -0.15) is 13.2 Å². The van der Waals surface area contributed by atoms with E-state index in [0.29, 0.717) is 18.1 Å². The molecule has 2 aromatic carbocycles. The van der Waals surface area contributed by atoms with E-state index in [-0.39, 0.29) is 23.9 Å². The molecule has 0 spiro atoms. The maximum atomic E-state index is 13.0. The second-order valence-corrected chi connectivity index (χ2v) is 5.86. The van der Waals surface area contributed by atoms with E-state index in [0.717, 1.165) is 12.1 Å². The van der Waals surface area contributed by atoms with Crippen LogP contribution in [-0.2, 0) is 11.0 Å². The molecule has 8 heteroatoms. The van der Waals surface area contributed by atoms with Gasteiger partial charge in [-0.3, -0.25) is 4.79 Å². The summed E-state index contributed by atoms with van der Waals surface area (Å²) in [6.45, 7) is 2.22. The van der Waals surface area contributed by atoms with Crippen molar-refractivity contribution in [3.63, 3.8) is 0 Å². The summed E-state index contributed by atoms with van der Waals surface area (Å²) in [4.78, 5) is 13.1. The first-order valence-electron chi connectivity index (χ1n) is 8.26. The number of rotatable bonds is 7. The molecule has 5 nitrogen and oxygen atoms in total. The number of hydrogen-bond acceptors (Lipinski definition) is 4. The molecule has 0 radical (unpaired) electrons. The molecule has 27 heavy (non-hydrogen) atoms. The van der Waals surface area contributed by atoms with Crippen LogP contribution >= 0.6 is 0 Å². The van der Waals surface area contributed by atoms with Crippen LogP contribution in [0.15, 0.2) is 42.5 Å². The van der Waals surface area contributed by atoms with Crippen LogP contribution in [0.25, 0.3) is 0 Å². The molecule has 0 atom stereocenters. The molecule has 0 saturated heterocycles. The van der Waals surface area contributed by atoms with Crippen LogP contribution in [0.4, 0.5) is 18.9 Å². The molecular weight excluding hydrogens is 361 g/mol. The average molecular weight is 382 g/mol. The van der Waals surface area contributed by atoms with Crippen LogP contribution in [0.2, 0.25) is 0 Å². The highest BCUT2D eigenvalue weighted by Crippen LogP contribution is 2.37. The first kappa shape index (κ1) is 20.4. The number of amides is 1. The molecule has 1 amide bonds. The minimum absolute atomic E-state index is 0.0777. The summed E-state index contributed by atoms with van der Waals surface area (Å²) in [5, 5.41) is 2.72. The average Bonchev–Trinajstić information content (AvgIpc) is 2.61. The molecule has 0 heterocycles. The third kappa shape index (κ3) is 5.80. The Morgan fingerprint density at radius 1 is 1.07 bits per heavy atom. The summed E-state index contributed by atoms with van der Waals surface area (Å²) in [6.07, 6.45) is -4.50. The first-order chi connectivity index (χ1) is 12.7. The number of likely N-dealkylation sites (N-methyl/N-ethyl adjacent to an activating group) is 1. The largest absolute Gasteiger partial charge is 0.494 e. The number of halogens is 3. The third-order valence-corrected chi connectivity index (χ3v) is 3.60. The Labute approximate surface area is 155 Å². The molecular formula is C19H21F3N2O3. The van der Waals surface area contributed by atoms with Gasteiger partial charge in [0.25, 0.3) is 0 Å². The second-order valence-electron chi connectivity index (χ2n) is 5.86. The Morgan fingerprint density at radius 2 is 1.70 bits per heavy atom. The molecule has 1 N–H and O–H groups in total. The van der Waals surface area contributed by atoms with Gasteiger partial charge in [0.1, 0.15) is 11.5 Å². The van der Waals surface area contributed by atoms with Crippen molar-refractivity contribution >= 4 is 11.6 Å². The summed E-state index contributed by atoms with van der Waals surface area (Å²) in [5.41, 5.74) is -0.754. The maximum Gasteiger partial charge on any atom is 0.416 e. The zero-order chi connectivity index (χ0) is 20.0. The van der Waals surface area contributed by atoms with Gasteiger partial charge in [-0.25, -0.2) is 0 Å². The first-order valence-corrected chi connectivity index (χ1v) is 8.26. The molecule has 2 rings (SSSR count). The van der Waals surface area contributed by atoms with Crippen molar-refractivity contribution < 1.29 is 27.4 Å². The third-order valence-electron chi connectivity index (χ3n) is 3.60. The van der Waals surface area contributed by atoms with Gasteiger partial charge in [0, 0.05) is 14.1 Å². The number of benzene rings is 2. The quantitative estimate of drug-likeness (QED) is 0.771. The fraction of sp³-hybridized carbons (Fsp3) is 0.316. The molecule has 0 bridgehead atoms. The summed E-state index contributed by atoms with van der Waals surface area (Å²) >= 11 is 0. The Hall–Kier alpha value is -2.90. The van der Waals surface area contributed by atoms with Gasteiger partial charge >= 0.3 is 6.18 Å². The normalized spacial score (nSPS) is 11.0. The molecule has 0 aliphatic carbocycles. The van der Waals surface area contributed by atoms with Gasteiger partial charge in [0.15, 0.2) is 5.75 Å². The standard InChI is InChI=1S/C19H21F3N2O3/c1-4-26-14-6-8-15(9-7-14)27-17-10-5-13(19(20,21)22)11-16(17)23-12-18(25)24(2)3/h5-11,23H,4,12H2,1-3H3. The van der Waals surface area contributed by atoms with E-state index in [1.54, 1.807) is 38.4 Å². The van der Waals surface area contributed by atoms with E-state index in [9.17, 15) is 18.0 Å². The molecule has 2 aromatic rings. The molecule has 0 unspecified atom stereocenters. The molecule has 0 aliphatic heterocycles. The lowest BCUT2D eigenvalue weighted by molar-refractivity contribution is -0.137. The number of ether oxygens (including phenoxy) is 2. The highest BCUT2D eigenvalue weighted by atomic mass is 19.4. The van der Waals surface area contributed by atoms with Gasteiger partial charge in [0.05, 0.1) is 24.4 Å². The van der Waals surface area contributed by atoms with E-state index in [1.165, 1.54) is 11.0 Å². The molecule has 0 fully saturated rings. The van der Waals surface area contributed by atoms with Crippen molar-refractivity contribution in [2.75, 3.05) is 32.6 Å². The number of carbonyl (C=O) groups excluding carboxylic acids is 1. The molecule has 146 valence electrons. The lowest BCUT2D eigenvalue weighted by Gasteiger charge is -2.17. The lowest BCUT2D eigenvalue weighted by atomic mass is 10.1. The van der Waals surface area contributed by atoms with Crippen molar-refractivity contribution in [3.05, 3.63) is 48.0 Å². The van der Waals surface area contributed by atoms with Crippen LogP contribution in [-0.4, -0.2) is 38.1 Å². The lowest BCUT2D eigenvalue weighted by Crippen LogP contribution is -2.28. The van der Waals surface area contributed by atoms with Crippen molar-refractivity contribution in [3.8, 4) is 17.2 Å². The number of nitrogens with one attached hydrogen (secondary N) is 1. The number of alkyl halides is 3. The molecule has 0 saturated carbocycles. The Morgan fingerprint density at radius 3 is 2.26 bits per heavy atom. The SMILES string of the molecule is CCOc1ccc(Oc2ccc(C(F)(F)F)cc2NCC(=O)N(C)C)cc1. The van der Waals surface area contributed by atoms with E-state index in [1.807, 2.05) is 6.92 Å². The maximum absolute atomic E-state index is 13.0. The smallest absolute Gasteiger partial charge is 0.416 e. The molecule has 0 aliphatic rings. The molecule has 0 aromatic heterocycles. The predicted octanol–water partition coefficient (Wildman–Crippen LogP) is 4.40. The number of nitrogens with zero attached hydrogens (tertiary/aromatic N) is 1. The van der Waals surface area contributed by atoms with E-state index >= 15 is 0 Å². The predicted molar refractivity (Wildman–Crippen MR) is 96.3 cm³/mol. The van der Waals surface area contributed by atoms with Gasteiger partial charge in [-0.05, 0) is 49.4 Å². The Bertz CT molecular complexity index is 775. The minimum atomic E-state index is -4.50. The zero-order valence-corrected chi connectivity index (χ0v) is 15.3. The fourth-order valence-electron chi connectivity index (χ4n) is 2.16. The van der Waals surface area contributed by atoms with Crippen molar-refractivity contribution in [2.45, 2.75) is 13.1 Å². The highest BCUT2D eigenvalue weighted by molar-refractivity contribution is 5.81. The van der Waals surface area contributed by atoms with E-state index < -0.39 is 11.7 Å². The number of carbonyl (C=O) groups is 1. The minimum Gasteiger partial charge on any atom is -0.494 e. The summed E-state index contributed by atoms with van der Waals surface area (Å²) in [7, 11) is 3.13. The van der Waals surface area contributed by atoms with Crippen molar-refractivity contribution in [1.82, 2.24) is 4.90 Å². The van der Waals surface area contributed by atoms with Gasteiger partial charge in [0.2, 0.25) is 5.91 Å². The van der Waals surface area contributed by atoms with Crippen molar-refractivity contribution in [1.29, 1.82) is 0 Å². The highest BCUT2D eigenvalue weighted by Gasteiger charge is 2.31. The Balaban J connectivity index is 2.26. The van der Waals surface area contributed by atoms with Crippen LogP contribution in [0.5, 0.6) is 17.2 Å². The monoisotopic (exact) mass is 382 g/mol. The fourth-order valence-corrected chi connectivity index (χ4v) is 2.16. The van der Waals surface area contributed by atoms with Crippen LogP contribution in [0, 0.1) is 0 Å². The van der Waals surface area contributed by atoms with E-state index in [2.05, 4.69) is 5.32 Å². The van der Waals surface area contributed by atoms with Gasteiger partial charge in [-0.15, -0.1) is 0 Å². The van der Waals surface area contributed by atoms with Crippen LogP contribution in [0.1, 0.15) is 12.5 Å². The Kier molecular flexibility index (Phi) is 6.55. The van der Waals surface area contributed by atoms with Crippen LogP contribution in [0.3, 0.4) is 0 Å². The zero-order valence-electron chi connectivity index (χ0n) is 15.3. The van der Waals surface area contributed by atoms with Gasteiger partial charge < -0.3 is 19.7 Å².